The Kier molecular flexibility index (Phi) is 5.88. The summed E-state index contributed by atoms with van der Waals surface area (Å²) in [6.07, 6.45) is 0. The lowest BCUT2D eigenvalue weighted by Crippen LogP contribution is -2.46. The van der Waals surface area contributed by atoms with E-state index < -0.39 is 25.4 Å². The van der Waals surface area contributed by atoms with Crippen LogP contribution in [-0.4, -0.2) is 32.2 Å². The monoisotopic (exact) mass is 260 g/mol. The molecule has 0 aromatic heterocycles. The molecule has 0 saturated carbocycles. The van der Waals surface area contributed by atoms with E-state index in [0.29, 0.717) is 6.04 Å². The van der Waals surface area contributed by atoms with Crippen molar-refractivity contribution in [2.24, 2.45) is 5.41 Å². The van der Waals surface area contributed by atoms with E-state index in [1.54, 1.807) is 0 Å². The van der Waals surface area contributed by atoms with E-state index in [2.05, 4.69) is 25.5 Å². The average Bonchev–Trinajstić information content (AvgIpc) is 2.34. The molecule has 0 fully saturated rings. The van der Waals surface area contributed by atoms with Crippen LogP contribution in [0.4, 0.5) is 0 Å². The molecule has 17 heavy (non-hydrogen) atoms. The van der Waals surface area contributed by atoms with Gasteiger partial charge in [0, 0.05) is 0 Å². The number of carboxylic acids is 1. The topological polar surface area (TPSA) is 63.6 Å². The quantitative estimate of drug-likeness (QED) is 0.434. The fourth-order valence-electron chi connectivity index (χ4n) is 2.34. The van der Waals surface area contributed by atoms with Crippen LogP contribution in [0.3, 0.4) is 0 Å². The number of rotatable bonds is 7. The van der Waals surface area contributed by atoms with Gasteiger partial charge in [0.25, 0.3) is 0 Å². The predicted molar refractivity (Wildman–Crippen MR) is 69.8 cm³/mol. The van der Waals surface area contributed by atoms with Gasteiger partial charge in [0.1, 0.15) is 0 Å². The summed E-state index contributed by atoms with van der Waals surface area (Å²) in [7, 11) is -0.430. The Morgan fingerprint density at radius 2 is 1.59 bits per heavy atom. The molecule has 4 nitrogen and oxygen atoms in total. The minimum atomic E-state index is -1.68. The van der Waals surface area contributed by atoms with Crippen molar-refractivity contribution >= 4 is 20.0 Å². The smallest absolute Gasteiger partial charge is 0.322 e. The standard InChI is InChI=1S/C12H24O4Si/c1-6-17(7-2,8-3)9-12(4,10(13)14)11(15)16-5/h6-9H2,1-5H3,(H,13,14). The van der Waals surface area contributed by atoms with Crippen LogP contribution in [0, 0.1) is 5.41 Å². The highest BCUT2D eigenvalue weighted by Crippen LogP contribution is 2.37. The van der Waals surface area contributed by atoms with Crippen molar-refractivity contribution in [3.8, 4) is 0 Å². The highest BCUT2D eigenvalue weighted by Gasteiger charge is 2.48. The molecule has 0 aromatic rings. The molecule has 0 aliphatic rings. The number of carboxylic acid groups (broad SMARTS) is 1. The number of aliphatic carboxylic acids is 1. The first-order chi connectivity index (χ1) is 7.81. The first-order valence-corrected chi connectivity index (χ1v) is 8.96. The minimum Gasteiger partial charge on any atom is -0.480 e. The average molecular weight is 260 g/mol. The van der Waals surface area contributed by atoms with Gasteiger partial charge in [0.2, 0.25) is 0 Å². The molecule has 0 aliphatic carbocycles. The molecule has 0 heterocycles. The lowest BCUT2D eigenvalue weighted by atomic mass is 9.94. The molecule has 1 N–H and O–H groups in total. The summed E-state index contributed by atoms with van der Waals surface area (Å²) in [5.74, 6) is -1.70. The summed E-state index contributed by atoms with van der Waals surface area (Å²) in [5, 5.41) is 9.31. The molecular weight excluding hydrogens is 236 g/mol. The van der Waals surface area contributed by atoms with Crippen molar-refractivity contribution in [3.63, 3.8) is 0 Å². The van der Waals surface area contributed by atoms with Crippen molar-refractivity contribution in [2.45, 2.75) is 51.9 Å². The summed E-state index contributed by atoms with van der Waals surface area (Å²) in [6, 6.07) is 3.46. The predicted octanol–water partition coefficient (Wildman–Crippen LogP) is 2.76. The van der Waals surface area contributed by atoms with Crippen molar-refractivity contribution < 1.29 is 19.4 Å². The van der Waals surface area contributed by atoms with Crippen molar-refractivity contribution in [2.75, 3.05) is 7.11 Å². The molecule has 100 valence electrons. The molecule has 0 aliphatic heterocycles. The van der Waals surface area contributed by atoms with Gasteiger partial charge >= 0.3 is 11.9 Å². The van der Waals surface area contributed by atoms with Crippen LogP contribution < -0.4 is 0 Å². The molecule has 0 amide bonds. The zero-order chi connectivity index (χ0) is 13.7. The van der Waals surface area contributed by atoms with Gasteiger partial charge in [-0.15, -0.1) is 0 Å². The van der Waals surface area contributed by atoms with E-state index in [-0.39, 0.29) is 0 Å². The molecule has 0 rings (SSSR count). The zero-order valence-electron chi connectivity index (χ0n) is 11.5. The van der Waals surface area contributed by atoms with Gasteiger partial charge in [-0.05, 0) is 13.0 Å². The molecule has 5 heteroatoms. The Balaban J connectivity index is 5.24. The Morgan fingerprint density at radius 3 is 1.82 bits per heavy atom. The van der Waals surface area contributed by atoms with Crippen LogP contribution in [0.1, 0.15) is 27.7 Å². The molecule has 0 radical (unpaired) electrons. The maximum Gasteiger partial charge on any atom is 0.322 e. The lowest BCUT2D eigenvalue weighted by molar-refractivity contribution is -0.164. The fraction of sp³-hybridized carbons (Fsp3) is 0.833. The van der Waals surface area contributed by atoms with E-state index in [9.17, 15) is 14.7 Å². The second kappa shape index (κ2) is 6.19. The summed E-state index contributed by atoms with van der Waals surface area (Å²) in [5.41, 5.74) is -1.39. The van der Waals surface area contributed by atoms with Crippen LogP contribution >= 0.6 is 0 Å². The molecule has 0 aromatic carbocycles. The summed E-state index contributed by atoms with van der Waals surface area (Å²) < 4.78 is 4.66. The first kappa shape index (κ1) is 16.2. The van der Waals surface area contributed by atoms with Gasteiger partial charge < -0.3 is 9.84 Å². The number of hydrogen-bond donors (Lipinski definition) is 1. The van der Waals surface area contributed by atoms with E-state index in [4.69, 9.17) is 0 Å². The number of ether oxygens (including phenoxy) is 1. The van der Waals surface area contributed by atoms with Crippen LogP contribution in [-0.2, 0) is 14.3 Å². The second-order valence-corrected chi connectivity index (χ2v) is 10.3. The van der Waals surface area contributed by atoms with Crippen LogP contribution in [0.15, 0.2) is 0 Å². The fourth-order valence-corrected chi connectivity index (χ4v) is 6.38. The summed E-state index contributed by atoms with van der Waals surface area (Å²) in [6.45, 7) is 7.78. The Labute approximate surface area is 104 Å². The van der Waals surface area contributed by atoms with Crippen LogP contribution in [0.5, 0.6) is 0 Å². The van der Waals surface area contributed by atoms with E-state index in [1.807, 2.05) is 0 Å². The largest absolute Gasteiger partial charge is 0.480 e. The second-order valence-electron chi connectivity index (χ2n) is 4.87. The summed E-state index contributed by atoms with van der Waals surface area (Å²) >= 11 is 0. The Morgan fingerprint density at radius 1 is 1.18 bits per heavy atom. The van der Waals surface area contributed by atoms with Crippen molar-refractivity contribution in [1.82, 2.24) is 0 Å². The van der Waals surface area contributed by atoms with Gasteiger partial charge in [-0.1, -0.05) is 38.9 Å². The third kappa shape index (κ3) is 3.31. The van der Waals surface area contributed by atoms with Gasteiger partial charge in [0.05, 0.1) is 15.2 Å². The molecule has 1 unspecified atom stereocenters. The third-order valence-corrected chi connectivity index (χ3v) is 10.0. The van der Waals surface area contributed by atoms with E-state index >= 15 is 0 Å². The first-order valence-electron chi connectivity index (χ1n) is 6.13. The molecule has 0 bridgehead atoms. The van der Waals surface area contributed by atoms with Gasteiger partial charge in [-0.3, -0.25) is 9.59 Å². The van der Waals surface area contributed by atoms with E-state index in [1.165, 1.54) is 14.0 Å². The van der Waals surface area contributed by atoms with Crippen molar-refractivity contribution in [3.05, 3.63) is 0 Å². The highest BCUT2D eigenvalue weighted by molar-refractivity contribution is 6.80. The van der Waals surface area contributed by atoms with Crippen LogP contribution in [0.25, 0.3) is 0 Å². The number of carbonyl (C=O) groups excluding carboxylic acids is 1. The van der Waals surface area contributed by atoms with E-state index in [0.717, 1.165) is 18.1 Å². The molecule has 0 spiro atoms. The SMILES string of the molecule is CC[Si](CC)(CC)CC(C)(C(=O)O)C(=O)OC. The summed E-state index contributed by atoms with van der Waals surface area (Å²) in [4.78, 5) is 23.1. The van der Waals surface area contributed by atoms with Crippen molar-refractivity contribution in [1.29, 1.82) is 0 Å². The third-order valence-electron chi connectivity index (χ3n) is 4.09. The van der Waals surface area contributed by atoms with Gasteiger partial charge in [0.15, 0.2) is 5.41 Å². The maximum absolute atomic E-state index is 11.7. The Bertz CT molecular complexity index is 278. The minimum absolute atomic E-state index is 0.464. The molecular formula is C12H24O4Si. The Hall–Kier alpha value is -0.843. The molecule has 1 atom stereocenters. The normalized spacial score (nSPS) is 15.1. The number of carbonyl (C=O) groups is 2. The number of methoxy groups -OCH3 is 1. The maximum atomic E-state index is 11.7. The lowest BCUT2D eigenvalue weighted by Gasteiger charge is -2.34. The number of hydrogen-bond acceptors (Lipinski definition) is 3. The van der Waals surface area contributed by atoms with Gasteiger partial charge in [-0.2, -0.15) is 0 Å². The highest BCUT2D eigenvalue weighted by atomic mass is 28.3. The molecule has 0 saturated heterocycles. The number of esters is 1. The van der Waals surface area contributed by atoms with Crippen LogP contribution in [0.2, 0.25) is 24.2 Å². The van der Waals surface area contributed by atoms with Gasteiger partial charge in [-0.25, -0.2) is 0 Å². The zero-order valence-corrected chi connectivity index (χ0v) is 12.5.